The maximum absolute atomic E-state index is 5.10. The Balaban J connectivity index is 2.11. The van der Waals surface area contributed by atoms with Crippen LogP contribution in [0.4, 0.5) is 0 Å². The minimum absolute atomic E-state index is 0.488. The summed E-state index contributed by atoms with van der Waals surface area (Å²) in [4.78, 5) is 0. The lowest BCUT2D eigenvalue weighted by Gasteiger charge is -2.13. The first-order valence-corrected chi connectivity index (χ1v) is 5.68. The maximum atomic E-state index is 5.10. The molecule has 2 atom stereocenters. The molecule has 2 unspecified atom stereocenters. The standard InChI is InChI=1S/C9H16N4S/c1-7-3-2-4-8(6-5-7)13-9(14)10-11-12-13/h7-8H,2-6H2,1H3,(H,10,12,14). The van der Waals surface area contributed by atoms with Crippen LogP contribution in [0.2, 0.25) is 0 Å². The average Bonchev–Trinajstić information content (AvgIpc) is 2.46. The van der Waals surface area contributed by atoms with Crippen molar-refractivity contribution >= 4 is 12.2 Å². The molecular weight excluding hydrogens is 196 g/mol. The molecule has 0 aliphatic heterocycles. The minimum atomic E-state index is 0.488. The Hall–Kier alpha value is -0.710. The Morgan fingerprint density at radius 3 is 2.93 bits per heavy atom. The van der Waals surface area contributed by atoms with Crippen LogP contribution in [0.1, 0.15) is 45.1 Å². The van der Waals surface area contributed by atoms with E-state index in [1.165, 1.54) is 32.1 Å². The lowest BCUT2D eigenvalue weighted by atomic mass is 10.0. The number of tetrazole rings is 1. The van der Waals surface area contributed by atoms with Crippen LogP contribution in [-0.4, -0.2) is 20.2 Å². The van der Waals surface area contributed by atoms with Crippen molar-refractivity contribution in [3.8, 4) is 0 Å². The molecule has 78 valence electrons. The van der Waals surface area contributed by atoms with Gasteiger partial charge in [0.15, 0.2) is 0 Å². The van der Waals surface area contributed by atoms with Crippen LogP contribution < -0.4 is 0 Å². The van der Waals surface area contributed by atoms with Crippen LogP contribution in [0.25, 0.3) is 0 Å². The summed E-state index contributed by atoms with van der Waals surface area (Å²) in [6, 6.07) is 0.488. The minimum Gasteiger partial charge on any atom is -0.239 e. The molecule has 0 spiro atoms. The van der Waals surface area contributed by atoms with Gasteiger partial charge in [-0.2, -0.15) is 5.21 Å². The predicted molar refractivity (Wildman–Crippen MR) is 56.5 cm³/mol. The van der Waals surface area contributed by atoms with Gasteiger partial charge in [0.05, 0.1) is 6.04 Å². The first kappa shape index (κ1) is 9.83. The van der Waals surface area contributed by atoms with E-state index in [4.69, 9.17) is 12.2 Å². The molecule has 0 aromatic carbocycles. The van der Waals surface area contributed by atoms with E-state index in [9.17, 15) is 0 Å². The molecule has 1 aliphatic carbocycles. The Kier molecular flexibility index (Phi) is 2.96. The molecule has 0 bridgehead atoms. The Morgan fingerprint density at radius 2 is 2.21 bits per heavy atom. The van der Waals surface area contributed by atoms with Crippen molar-refractivity contribution in [3.05, 3.63) is 4.77 Å². The van der Waals surface area contributed by atoms with E-state index in [1.807, 2.05) is 4.68 Å². The highest BCUT2D eigenvalue weighted by molar-refractivity contribution is 7.71. The average molecular weight is 212 g/mol. The third-order valence-electron chi connectivity index (χ3n) is 3.09. The van der Waals surface area contributed by atoms with E-state index in [0.29, 0.717) is 10.8 Å². The van der Waals surface area contributed by atoms with Crippen LogP contribution in [-0.2, 0) is 0 Å². The van der Waals surface area contributed by atoms with Gasteiger partial charge in [-0.1, -0.05) is 30.1 Å². The molecule has 1 saturated carbocycles. The lowest BCUT2D eigenvalue weighted by molar-refractivity contribution is 0.387. The van der Waals surface area contributed by atoms with Gasteiger partial charge in [-0.15, -0.1) is 0 Å². The summed E-state index contributed by atoms with van der Waals surface area (Å²) in [6.45, 7) is 2.33. The maximum Gasteiger partial charge on any atom is 0.238 e. The molecule has 4 nitrogen and oxygen atoms in total. The van der Waals surface area contributed by atoms with Crippen molar-refractivity contribution in [2.75, 3.05) is 0 Å². The van der Waals surface area contributed by atoms with Gasteiger partial charge in [0.1, 0.15) is 0 Å². The van der Waals surface area contributed by atoms with Gasteiger partial charge in [0.2, 0.25) is 4.77 Å². The number of nitrogens with zero attached hydrogens (tertiary/aromatic N) is 3. The van der Waals surface area contributed by atoms with Gasteiger partial charge in [-0.25, -0.2) is 4.68 Å². The predicted octanol–water partition coefficient (Wildman–Crippen LogP) is 2.48. The van der Waals surface area contributed by atoms with E-state index < -0.39 is 0 Å². The van der Waals surface area contributed by atoms with E-state index in [0.717, 1.165) is 5.92 Å². The summed E-state index contributed by atoms with van der Waals surface area (Å²) in [5.41, 5.74) is 0. The number of rotatable bonds is 1. The molecule has 1 fully saturated rings. The zero-order valence-corrected chi connectivity index (χ0v) is 9.26. The van der Waals surface area contributed by atoms with Crippen molar-refractivity contribution in [1.29, 1.82) is 0 Å². The number of aromatic nitrogens is 4. The second kappa shape index (κ2) is 4.21. The molecule has 0 saturated heterocycles. The highest BCUT2D eigenvalue weighted by atomic mass is 32.1. The quantitative estimate of drug-likeness (QED) is 0.574. The first-order chi connectivity index (χ1) is 6.77. The van der Waals surface area contributed by atoms with Gasteiger partial charge >= 0.3 is 0 Å². The molecule has 1 aromatic heterocycles. The molecule has 1 N–H and O–H groups in total. The number of hydrogen-bond donors (Lipinski definition) is 1. The highest BCUT2D eigenvalue weighted by Gasteiger charge is 2.18. The monoisotopic (exact) mass is 212 g/mol. The van der Waals surface area contributed by atoms with Gasteiger partial charge in [-0.05, 0) is 37.4 Å². The third kappa shape index (κ3) is 2.03. The fraction of sp³-hybridized carbons (Fsp3) is 0.889. The third-order valence-corrected chi connectivity index (χ3v) is 3.36. The number of H-pyrrole nitrogens is 1. The fourth-order valence-corrected chi connectivity index (χ4v) is 2.40. The fourth-order valence-electron chi connectivity index (χ4n) is 2.17. The van der Waals surface area contributed by atoms with Crippen molar-refractivity contribution in [1.82, 2.24) is 20.2 Å². The largest absolute Gasteiger partial charge is 0.239 e. The van der Waals surface area contributed by atoms with Crippen molar-refractivity contribution in [3.63, 3.8) is 0 Å². The number of hydrogen-bond acceptors (Lipinski definition) is 3. The molecule has 1 aliphatic rings. The van der Waals surface area contributed by atoms with Gasteiger partial charge in [0, 0.05) is 0 Å². The molecule has 1 heterocycles. The summed E-state index contributed by atoms with van der Waals surface area (Å²) in [5, 5.41) is 10.4. The molecule has 2 rings (SSSR count). The van der Waals surface area contributed by atoms with Crippen molar-refractivity contribution in [2.24, 2.45) is 5.92 Å². The molecule has 14 heavy (non-hydrogen) atoms. The number of aromatic amines is 1. The summed E-state index contributed by atoms with van der Waals surface area (Å²) >= 11 is 5.10. The van der Waals surface area contributed by atoms with Crippen LogP contribution in [0, 0.1) is 10.7 Å². The Morgan fingerprint density at radius 1 is 1.36 bits per heavy atom. The highest BCUT2D eigenvalue weighted by Crippen LogP contribution is 2.29. The number of nitrogens with one attached hydrogen (secondary N) is 1. The van der Waals surface area contributed by atoms with Crippen LogP contribution in [0.15, 0.2) is 0 Å². The topological polar surface area (TPSA) is 46.5 Å². The van der Waals surface area contributed by atoms with Gasteiger partial charge < -0.3 is 0 Å². The smallest absolute Gasteiger partial charge is 0.238 e. The Labute approximate surface area is 88.7 Å². The normalized spacial score (nSPS) is 28.6. The summed E-state index contributed by atoms with van der Waals surface area (Å²) in [7, 11) is 0. The van der Waals surface area contributed by atoms with E-state index in [1.54, 1.807) is 0 Å². The molecular formula is C9H16N4S. The molecule has 1 aromatic rings. The zero-order chi connectivity index (χ0) is 9.97. The first-order valence-electron chi connectivity index (χ1n) is 5.27. The zero-order valence-electron chi connectivity index (χ0n) is 8.44. The lowest BCUT2D eigenvalue weighted by Crippen LogP contribution is -2.10. The van der Waals surface area contributed by atoms with Gasteiger partial charge in [-0.3, -0.25) is 0 Å². The summed E-state index contributed by atoms with van der Waals surface area (Å²) in [6.07, 6.45) is 6.30. The van der Waals surface area contributed by atoms with Crippen molar-refractivity contribution < 1.29 is 0 Å². The van der Waals surface area contributed by atoms with Crippen LogP contribution >= 0.6 is 12.2 Å². The van der Waals surface area contributed by atoms with E-state index in [2.05, 4.69) is 22.4 Å². The Bertz CT molecular complexity index is 343. The van der Waals surface area contributed by atoms with Crippen LogP contribution in [0.3, 0.4) is 0 Å². The van der Waals surface area contributed by atoms with Gasteiger partial charge in [0.25, 0.3) is 0 Å². The molecule has 5 heteroatoms. The van der Waals surface area contributed by atoms with Crippen molar-refractivity contribution in [2.45, 2.75) is 45.1 Å². The van der Waals surface area contributed by atoms with E-state index in [-0.39, 0.29) is 0 Å². The SMILES string of the molecule is CC1CCCC(n2[nH]nnc2=S)CC1. The second-order valence-electron chi connectivity index (χ2n) is 4.22. The van der Waals surface area contributed by atoms with E-state index >= 15 is 0 Å². The molecule has 0 radical (unpaired) electrons. The van der Waals surface area contributed by atoms with Crippen LogP contribution in [0.5, 0.6) is 0 Å². The summed E-state index contributed by atoms with van der Waals surface area (Å²) < 4.78 is 2.53. The molecule has 0 amide bonds. The second-order valence-corrected chi connectivity index (χ2v) is 4.58. The summed E-state index contributed by atoms with van der Waals surface area (Å²) in [5.74, 6) is 0.852.